The molecule has 5 aliphatic rings. The van der Waals surface area contributed by atoms with Crippen molar-refractivity contribution in [2.45, 2.75) is 69.9 Å². The molecule has 5 aliphatic carbocycles. The van der Waals surface area contributed by atoms with E-state index in [1.54, 1.807) is 0 Å². The fraction of sp³-hybridized carbons (Fsp3) is 0.944. The molecule has 0 aromatic rings. The standard InChI is InChI=1S/C18H30N2O/c1-20(16-5-3-2-4-15(16)19)18(21)17-13-7-11-6-12(9-13)10-14(17)8-11/h11-17H,2-10,19H2,1H3. The van der Waals surface area contributed by atoms with E-state index in [9.17, 15) is 4.79 Å². The van der Waals surface area contributed by atoms with Crippen LogP contribution in [0.3, 0.4) is 0 Å². The summed E-state index contributed by atoms with van der Waals surface area (Å²) in [5.41, 5.74) is 6.30. The van der Waals surface area contributed by atoms with Gasteiger partial charge < -0.3 is 10.6 Å². The second kappa shape index (κ2) is 5.26. The van der Waals surface area contributed by atoms with Crippen LogP contribution in [0.4, 0.5) is 0 Å². The third-order valence-corrected chi connectivity index (χ3v) is 7.14. The number of hydrogen-bond donors (Lipinski definition) is 1. The van der Waals surface area contributed by atoms with Gasteiger partial charge in [0.15, 0.2) is 0 Å². The van der Waals surface area contributed by atoms with Gasteiger partial charge in [0.1, 0.15) is 0 Å². The van der Waals surface area contributed by atoms with Crippen molar-refractivity contribution in [3.05, 3.63) is 0 Å². The lowest BCUT2D eigenvalue weighted by molar-refractivity contribution is -0.150. The van der Waals surface area contributed by atoms with Crippen molar-refractivity contribution in [2.24, 2.45) is 35.3 Å². The molecule has 118 valence electrons. The first kappa shape index (κ1) is 14.0. The summed E-state index contributed by atoms with van der Waals surface area (Å²) in [5.74, 6) is 4.03. The van der Waals surface area contributed by atoms with Gasteiger partial charge in [-0.25, -0.2) is 0 Å². The van der Waals surface area contributed by atoms with Crippen LogP contribution >= 0.6 is 0 Å². The Hall–Kier alpha value is -0.570. The van der Waals surface area contributed by atoms with Crippen LogP contribution in [-0.4, -0.2) is 29.9 Å². The molecule has 0 radical (unpaired) electrons. The minimum absolute atomic E-state index is 0.199. The Kier molecular flexibility index (Phi) is 3.52. The minimum Gasteiger partial charge on any atom is -0.341 e. The molecule has 0 aliphatic heterocycles. The summed E-state index contributed by atoms with van der Waals surface area (Å²) in [4.78, 5) is 15.2. The molecule has 2 atom stereocenters. The first-order chi connectivity index (χ1) is 10.1. The molecule has 0 saturated heterocycles. The van der Waals surface area contributed by atoms with E-state index in [2.05, 4.69) is 4.90 Å². The number of rotatable bonds is 2. The van der Waals surface area contributed by atoms with Gasteiger partial charge in [0, 0.05) is 25.0 Å². The van der Waals surface area contributed by atoms with E-state index < -0.39 is 0 Å². The summed E-state index contributed by atoms with van der Waals surface area (Å²) < 4.78 is 0. The van der Waals surface area contributed by atoms with Gasteiger partial charge in [-0.2, -0.15) is 0 Å². The van der Waals surface area contributed by atoms with Gasteiger partial charge in [0.25, 0.3) is 0 Å². The van der Waals surface area contributed by atoms with Crippen molar-refractivity contribution in [2.75, 3.05) is 7.05 Å². The summed E-state index contributed by atoms with van der Waals surface area (Å²) >= 11 is 0. The highest BCUT2D eigenvalue weighted by Crippen LogP contribution is 2.56. The highest BCUT2D eigenvalue weighted by molar-refractivity contribution is 5.80. The van der Waals surface area contributed by atoms with Gasteiger partial charge >= 0.3 is 0 Å². The monoisotopic (exact) mass is 290 g/mol. The molecule has 0 spiro atoms. The molecule has 5 fully saturated rings. The van der Waals surface area contributed by atoms with Gasteiger partial charge in [-0.1, -0.05) is 12.8 Å². The number of carbonyl (C=O) groups excluding carboxylic acids is 1. The van der Waals surface area contributed by atoms with Crippen LogP contribution in [0.2, 0.25) is 0 Å². The first-order valence-corrected chi connectivity index (χ1v) is 9.15. The average molecular weight is 290 g/mol. The zero-order valence-corrected chi connectivity index (χ0v) is 13.3. The van der Waals surface area contributed by atoms with Crippen LogP contribution < -0.4 is 5.73 Å². The molecule has 3 heteroatoms. The van der Waals surface area contributed by atoms with Crippen molar-refractivity contribution in [1.29, 1.82) is 0 Å². The van der Waals surface area contributed by atoms with E-state index in [1.165, 1.54) is 44.9 Å². The molecule has 21 heavy (non-hydrogen) atoms. The van der Waals surface area contributed by atoms with Crippen LogP contribution in [0.25, 0.3) is 0 Å². The molecule has 5 rings (SSSR count). The molecule has 0 heterocycles. The van der Waals surface area contributed by atoms with Gasteiger partial charge in [-0.05, 0) is 68.6 Å². The molecular formula is C18H30N2O. The number of carbonyl (C=O) groups is 1. The quantitative estimate of drug-likeness (QED) is 0.850. The molecule has 1 amide bonds. The Labute approximate surface area is 128 Å². The number of likely N-dealkylation sites (N-methyl/N-ethyl adjacent to an activating group) is 1. The third kappa shape index (κ3) is 2.32. The van der Waals surface area contributed by atoms with E-state index in [1.807, 2.05) is 7.05 Å². The van der Waals surface area contributed by atoms with Gasteiger partial charge in [-0.3, -0.25) is 4.79 Å². The first-order valence-electron chi connectivity index (χ1n) is 9.15. The Morgan fingerprint density at radius 2 is 1.52 bits per heavy atom. The molecule has 4 bridgehead atoms. The van der Waals surface area contributed by atoms with Gasteiger partial charge in [0.2, 0.25) is 5.91 Å². The van der Waals surface area contributed by atoms with Crippen molar-refractivity contribution in [3.63, 3.8) is 0 Å². The van der Waals surface area contributed by atoms with Crippen molar-refractivity contribution < 1.29 is 4.79 Å². The second-order valence-electron chi connectivity index (χ2n) is 8.42. The van der Waals surface area contributed by atoms with Crippen molar-refractivity contribution >= 4 is 5.91 Å². The SMILES string of the molecule is CN(C(=O)C1C2CC3CC(C2)CC1C3)C1CCCCC1N. The summed E-state index contributed by atoms with van der Waals surface area (Å²) in [7, 11) is 2.03. The van der Waals surface area contributed by atoms with Crippen molar-refractivity contribution in [1.82, 2.24) is 4.90 Å². The van der Waals surface area contributed by atoms with Crippen LogP contribution in [-0.2, 0) is 4.79 Å². The Morgan fingerprint density at radius 1 is 0.952 bits per heavy atom. The summed E-state index contributed by atoms with van der Waals surface area (Å²) in [5, 5.41) is 0. The molecule has 2 unspecified atom stereocenters. The zero-order valence-electron chi connectivity index (χ0n) is 13.3. The lowest BCUT2D eigenvalue weighted by Crippen LogP contribution is -2.56. The maximum Gasteiger partial charge on any atom is 0.226 e. The van der Waals surface area contributed by atoms with Crippen LogP contribution in [0.5, 0.6) is 0 Å². The van der Waals surface area contributed by atoms with Gasteiger partial charge in [-0.15, -0.1) is 0 Å². The smallest absolute Gasteiger partial charge is 0.226 e. The fourth-order valence-corrected chi connectivity index (χ4v) is 6.35. The fourth-order valence-electron chi connectivity index (χ4n) is 6.35. The maximum atomic E-state index is 13.1. The molecule has 0 aromatic heterocycles. The van der Waals surface area contributed by atoms with E-state index >= 15 is 0 Å². The maximum absolute atomic E-state index is 13.1. The highest BCUT2D eigenvalue weighted by Gasteiger charge is 2.51. The summed E-state index contributed by atoms with van der Waals surface area (Å²) in [6.45, 7) is 0. The van der Waals surface area contributed by atoms with E-state index in [0.717, 1.165) is 24.7 Å². The molecule has 0 aromatic carbocycles. The lowest BCUT2D eigenvalue weighted by Gasteiger charge is -2.54. The number of hydrogen-bond acceptors (Lipinski definition) is 2. The number of nitrogens with zero attached hydrogens (tertiary/aromatic N) is 1. The lowest BCUT2D eigenvalue weighted by atomic mass is 9.51. The summed E-state index contributed by atoms with van der Waals surface area (Å²) in [6.07, 6.45) is 11.4. The van der Waals surface area contributed by atoms with E-state index in [0.29, 0.717) is 29.7 Å². The van der Waals surface area contributed by atoms with E-state index in [-0.39, 0.29) is 6.04 Å². The van der Waals surface area contributed by atoms with E-state index in [4.69, 9.17) is 5.73 Å². The Bertz CT molecular complexity index is 393. The molecule has 3 nitrogen and oxygen atoms in total. The minimum atomic E-state index is 0.199. The third-order valence-electron chi connectivity index (χ3n) is 7.14. The normalized spacial score (nSPS) is 48.4. The van der Waals surface area contributed by atoms with Gasteiger partial charge in [0.05, 0.1) is 0 Å². The van der Waals surface area contributed by atoms with Crippen LogP contribution in [0.1, 0.15) is 57.8 Å². The van der Waals surface area contributed by atoms with Crippen LogP contribution in [0.15, 0.2) is 0 Å². The predicted octanol–water partition coefficient (Wildman–Crippen LogP) is 2.79. The molecular weight excluding hydrogens is 260 g/mol. The molecule has 5 saturated carbocycles. The summed E-state index contributed by atoms with van der Waals surface area (Å²) in [6, 6.07) is 0.493. The number of nitrogens with two attached hydrogens (primary N) is 1. The number of amides is 1. The topological polar surface area (TPSA) is 46.3 Å². The molecule has 2 N–H and O–H groups in total. The Balaban J connectivity index is 1.49. The highest BCUT2D eigenvalue weighted by atomic mass is 16.2. The van der Waals surface area contributed by atoms with Crippen LogP contribution in [0, 0.1) is 29.6 Å². The zero-order chi connectivity index (χ0) is 14.6. The average Bonchev–Trinajstić information content (AvgIpc) is 2.45. The second-order valence-corrected chi connectivity index (χ2v) is 8.42. The largest absolute Gasteiger partial charge is 0.341 e. The predicted molar refractivity (Wildman–Crippen MR) is 83.5 cm³/mol. The van der Waals surface area contributed by atoms with Crippen molar-refractivity contribution in [3.8, 4) is 0 Å². The Morgan fingerprint density at radius 3 is 2.10 bits per heavy atom.